The first-order chi connectivity index (χ1) is 7.22. The van der Waals surface area contributed by atoms with E-state index >= 15 is 0 Å². The monoisotopic (exact) mass is 202 g/mol. The maximum atomic E-state index is 11.4. The minimum atomic E-state index is -0.0238. The SMILES string of the molecule is Cc1nc(C2CC3C=CC2C3)cc(=O)[nH]1. The van der Waals surface area contributed by atoms with E-state index in [0.29, 0.717) is 11.8 Å². The zero-order valence-corrected chi connectivity index (χ0v) is 8.73. The Morgan fingerprint density at radius 2 is 2.27 bits per heavy atom. The highest BCUT2D eigenvalue weighted by atomic mass is 16.1. The second kappa shape index (κ2) is 3.05. The lowest BCUT2D eigenvalue weighted by Crippen LogP contribution is -2.15. The number of hydrogen-bond donors (Lipinski definition) is 1. The van der Waals surface area contributed by atoms with Gasteiger partial charge in [0.1, 0.15) is 5.82 Å². The minimum absolute atomic E-state index is 0.0238. The first-order valence-corrected chi connectivity index (χ1v) is 5.48. The standard InChI is InChI=1S/C12H14N2O/c1-7-13-11(6-12(15)14-7)10-5-8-2-3-9(10)4-8/h2-3,6,8-10H,4-5H2,1H3,(H,13,14,15). The molecule has 1 N–H and O–H groups in total. The molecule has 0 spiro atoms. The minimum Gasteiger partial charge on any atom is -0.311 e. The van der Waals surface area contributed by atoms with Gasteiger partial charge in [-0.3, -0.25) is 4.79 Å². The van der Waals surface area contributed by atoms with Crippen molar-refractivity contribution in [2.45, 2.75) is 25.7 Å². The van der Waals surface area contributed by atoms with Gasteiger partial charge in [-0.05, 0) is 31.6 Å². The van der Waals surface area contributed by atoms with E-state index in [-0.39, 0.29) is 5.56 Å². The molecule has 1 aromatic rings. The Morgan fingerprint density at radius 1 is 1.40 bits per heavy atom. The second-order valence-electron chi connectivity index (χ2n) is 4.64. The molecule has 3 nitrogen and oxygen atoms in total. The molecule has 3 rings (SSSR count). The summed E-state index contributed by atoms with van der Waals surface area (Å²) in [4.78, 5) is 18.5. The van der Waals surface area contributed by atoms with Crippen LogP contribution >= 0.6 is 0 Å². The van der Waals surface area contributed by atoms with Crippen LogP contribution in [-0.4, -0.2) is 9.97 Å². The number of nitrogens with one attached hydrogen (secondary N) is 1. The van der Waals surface area contributed by atoms with Crippen LogP contribution in [0.2, 0.25) is 0 Å². The Hall–Kier alpha value is -1.38. The maximum Gasteiger partial charge on any atom is 0.251 e. The van der Waals surface area contributed by atoms with Gasteiger partial charge in [0.25, 0.3) is 5.56 Å². The van der Waals surface area contributed by atoms with Crippen molar-refractivity contribution in [1.82, 2.24) is 9.97 Å². The molecule has 3 heteroatoms. The molecule has 0 amide bonds. The Balaban J connectivity index is 2.00. The second-order valence-corrected chi connectivity index (χ2v) is 4.64. The third kappa shape index (κ3) is 1.42. The van der Waals surface area contributed by atoms with Crippen molar-refractivity contribution in [3.05, 3.63) is 40.1 Å². The predicted molar refractivity (Wildman–Crippen MR) is 57.7 cm³/mol. The van der Waals surface area contributed by atoms with Crippen molar-refractivity contribution in [3.63, 3.8) is 0 Å². The molecule has 2 aliphatic rings. The summed E-state index contributed by atoms with van der Waals surface area (Å²) in [6.45, 7) is 1.84. The summed E-state index contributed by atoms with van der Waals surface area (Å²) in [5, 5.41) is 0. The average Bonchev–Trinajstić information content (AvgIpc) is 2.76. The molecular formula is C12H14N2O. The molecule has 1 aromatic heterocycles. The molecule has 2 aliphatic carbocycles. The highest BCUT2D eigenvalue weighted by Crippen LogP contribution is 2.47. The van der Waals surface area contributed by atoms with Crippen LogP contribution < -0.4 is 5.56 Å². The molecule has 1 heterocycles. The van der Waals surface area contributed by atoms with Crippen molar-refractivity contribution in [2.75, 3.05) is 0 Å². The number of hydrogen-bond acceptors (Lipinski definition) is 2. The normalized spacial score (nSPS) is 32.5. The first kappa shape index (κ1) is 8.89. The zero-order valence-electron chi connectivity index (χ0n) is 8.73. The average molecular weight is 202 g/mol. The van der Waals surface area contributed by atoms with Crippen molar-refractivity contribution < 1.29 is 0 Å². The number of fused-ring (bicyclic) bond motifs is 2. The molecular weight excluding hydrogens is 188 g/mol. The van der Waals surface area contributed by atoms with Crippen molar-refractivity contribution in [2.24, 2.45) is 11.8 Å². The van der Waals surface area contributed by atoms with Crippen LogP contribution in [0.15, 0.2) is 23.0 Å². The largest absolute Gasteiger partial charge is 0.311 e. The van der Waals surface area contributed by atoms with Crippen molar-refractivity contribution in [3.8, 4) is 0 Å². The molecule has 1 fully saturated rings. The van der Waals surface area contributed by atoms with Crippen LogP contribution in [0.4, 0.5) is 0 Å². The molecule has 3 unspecified atom stereocenters. The lowest BCUT2D eigenvalue weighted by atomic mass is 9.90. The fraction of sp³-hybridized carbons (Fsp3) is 0.500. The Bertz CT molecular complexity index is 475. The Kier molecular flexibility index (Phi) is 1.81. The fourth-order valence-electron chi connectivity index (χ4n) is 2.91. The molecule has 0 aromatic carbocycles. The van der Waals surface area contributed by atoms with Gasteiger partial charge >= 0.3 is 0 Å². The number of aromatic amines is 1. The van der Waals surface area contributed by atoms with Crippen molar-refractivity contribution in [1.29, 1.82) is 0 Å². The summed E-state index contributed by atoms with van der Waals surface area (Å²) < 4.78 is 0. The number of H-pyrrole nitrogens is 1. The zero-order chi connectivity index (χ0) is 10.4. The molecule has 15 heavy (non-hydrogen) atoms. The van der Waals surface area contributed by atoms with E-state index in [0.717, 1.165) is 23.9 Å². The van der Waals surface area contributed by atoms with Gasteiger partial charge in [-0.15, -0.1) is 0 Å². The van der Waals surface area contributed by atoms with Gasteiger partial charge < -0.3 is 4.98 Å². The van der Waals surface area contributed by atoms with E-state index in [1.807, 2.05) is 6.92 Å². The predicted octanol–water partition coefficient (Wildman–Crippen LogP) is 1.76. The van der Waals surface area contributed by atoms with Gasteiger partial charge in [-0.1, -0.05) is 12.2 Å². The van der Waals surface area contributed by atoms with Crippen LogP contribution in [0.5, 0.6) is 0 Å². The van der Waals surface area contributed by atoms with Gasteiger partial charge in [0.05, 0.1) is 5.69 Å². The van der Waals surface area contributed by atoms with Gasteiger partial charge in [0.15, 0.2) is 0 Å². The molecule has 1 saturated carbocycles. The number of aryl methyl sites for hydroxylation is 1. The van der Waals surface area contributed by atoms with Gasteiger partial charge in [-0.2, -0.15) is 0 Å². The molecule has 0 saturated heterocycles. The van der Waals surface area contributed by atoms with Gasteiger partial charge in [0.2, 0.25) is 0 Å². The van der Waals surface area contributed by atoms with E-state index in [1.165, 1.54) is 6.42 Å². The molecule has 3 atom stereocenters. The molecule has 0 radical (unpaired) electrons. The van der Waals surface area contributed by atoms with Crippen molar-refractivity contribution >= 4 is 0 Å². The molecule has 78 valence electrons. The van der Waals surface area contributed by atoms with E-state index in [2.05, 4.69) is 22.1 Å². The molecule has 2 bridgehead atoms. The van der Waals surface area contributed by atoms with E-state index < -0.39 is 0 Å². The topological polar surface area (TPSA) is 45.8 Å². The summed E-state index contributed by atoms with van der Waals surface area (Å²) >= 11 is 0. The maximum absolute atomic E-state index is 11.4. The summed E-state index contributed by atoms with van der Waals surface area (Å²) in [7, 11) is 0. The third-order valence-corrected chi connectivity index (χ3v) is 3.54. The van der Waals surface area contributed by atoms with Gasteiger partial charge in [0, 0.05) is 12.0 Å². The fourth-order valence-corrected chi connectivity index (χ4v) is 2.91. The van der Waals surface area contributed by atoms with E-state index in [4.69, 9.17) is 0 Å². The Labute approximate surface area is 88.3 Å². The summed E-state index contributed by atoms with van der Waals surface area (Å²) in [5.41, 5.74) is 0.956. The molecule has 0 aliphatic heterocycles. The lowest BCUT2D eigenvalue weighted by Gasteiger charge is -2.17. The van der Waals surface area contributed by atoms with Crippen LogP contribution in [0, 0.1) is 18.8 Å². The van der Waals surface area contributed by atoms with Gasteiger partial charge in [-0.25, -0.2) is 4.98 Å². The van der Waals surface area contributed by atoms with Crippen LogP contribution in [0.3, 0.4) is 0 Å². The summed E-state index contributed by atoms with van der Waals surface area (Å²) in [5.74, 6) is 2.54. The Morgan fingerprint density at radius 3 is 2.87 bits per heavy atom. The number of allylic oxidation sites excluding steroid dienone is 2. The number of nitrogens with zero attached hydrogens (tertiary/aromatic N) is 1. The van der Waals surface area contributed by atoms with Crippen LogP contribution in [0.1, 0.15) is 30.3 Å². The van der Waals surface area contributed by atoms with E-state index in [1.54, 1.807) is 6.07 Å². The number of aromatic nitrogens is 2. The van der Waals surface area contributed by atoms with E-state index in [9.17, 15) is 4.79 Å². The quantitative estimate of drug-likeness (QED) is 0.705. The highest BCUT2D eigenvalue weighted by Gasteiger charge is 2.37. The summed E-state index contributed by atoms with van der Waals surface area (Å²) in [6, 6.07) is 1.66. The van der Waals surface area contributed by atoms with Crippen LogP contribution in [-0.2, 0) is 0 Å². The van der Waals surface area contributed by atoms with Crippen LogP contribution in [0.25, 0.3) is 0 Å². The summed E-state index contributed by atoms with van der Waals surface area (Å²) in [6.07, 6.45) is 7.01. The lowest BCUT2D eigenvalue weighted by molar-refractivity contribution is 0.565. The number of rotatable bonds is 1. The first-order valence-electron chi connectivity index (χ1n) is 5.48. The smallest absolute Gasteiger partial charge is 0.251 e. The third-order valence-electron chi connectivity index (χ3n) is 3.54. The highest BCUT2D eigenvalue weighted by molar-refractivity contribution is 5.21.